The molecule has 0 saturated carbocycles. The maximum absolute atomic E-state index is 5.99. The van der Waals surface area contributed by atoms with Crippen molar-refractivity contribution in [3.8, 4) is 28.4 Å². The van der Waals surface area contributed by atoms with E-state index in [2.05, 4.69) is 0 Å². The second kappa shape index (κ2) is 5.06. The lowest BCUT2D eigenvalue weighted by atomic mass is 9.91. The Morgan fingerprint density at radius 1 is 1.00 bits per heavy atom. The summed E-state index contributed by atoms with van der Waals surface area (Å²) in [7, 11) is 3.32. The third-order valence-corrected chi connectivity index (χ3v) is 3.57. The van der Waals surface area contributed by atoms with E-state index in [0.29, 0.717) is 6.54 Å². The summed E-state index contributed by atoms with van der Waals surface area (Å²) < 4.78 is 17.0. The van der Waals surface area contributed by atoms with Gasteiger partial charge in [0.1, 0.15) is 23.4 Å². The molecule has 1 aliphatic heterocycles. The molecule has 1 aliphatic rings. The highest BCUT2D eigenvalue weighted by Gasteiger charge is 2.30. The zero-order chi connectivity index (χ0) is 14.1. The van der Waals surface area contributed by atoms with Gasteiger partial charge < -0.3 is 19.9 Å². The second-order valence-corrected chi connectivity index (χ2v) is 4.60. The van der Waals surface area contributed by atoms with E-state index in [-0.39, 0.29) is 6.10 Å². The minimum atomic E-state index is -0.167. The second-order valence-electron chi connectivity index (χ2n) is 4.60. The standard InChI is InChI=1S/C16H17NO3/c1-18-11-6-3-5-10-14(9-17)20-13-8-4-7-12(19-2)16(13)15(10)11/h3-8,14H,9,17H2,1-2H3. The average molecular weight is 271 g/mol. The summed E-state index contributed by atoms with van der Waals surface area (Å²) in [6.45, 7) is 0.414. The van der Waals surface area contributed by atoms with Gasteiger partial charge >= 0.3 is 0 Å². The fraction of sp³-hybridized carbons (Fsp3) is 0.250. The Morgan fingerprint density at radius 2 is 1.65 bits per heavy atom. The predicted molar refractivity (Wildman–Crippen MR) is 77.4 cm³/mol. The molecule has 2 aromatic carbocycles. The molecule has 4 nitrogen and oxygen atoms in total. The Labute approximate surface area is 118 Å². The van der Waals surface area contributed by atoms with Crippen LogP contribution in [-0.4, -0.2) is 20.8 Å². The van der Waals surface area contributed by atoms with Crippen LogP contribution in [0.5, 0.6) is 17.2 Å². The van der Waals surface area contributed by atoms with Gasteiger partial charge in [0.15, 0.2) is 0 Å². The molecule has 0 saturated heterocycles. The number of hydrogen-bond acceptors (Lipinski definition) is 4. The van der Waals surface area contributed by atoms with Crippen LogP contribution in [0.1, 0.15) is 11.7 Å². The van der Waals surface area contributed by atoms with Crippen molar-refractivity contribution >= 4 is 0 Å². The summed E-state index contributed by atoms with van der Waals surface area (Å²) in [5.74, 6) is 2.34. The smallest absolute Gasteiger partial charge is 0.137 e. The summed E-state index contributed by atoms with van der Waals surface area (Å²) in [5, 5.41) is 0. The number of nitrogens with two attached hydrogens (primary N) is 1. The van der Waals surface area contributed by atoms with Crippen molar-refractivity contribution in [3.63, 3.8) is 0 Å². The maximum Gasteiger partial charge on any atom is 0.137 e. The molecule has 3 rings (SSSR count). The Morgan fingerprint density at radius 3 is 2.30 bits per heavy atom. The molecule has 0 bridgehead atoms. The van der Waals surface area contributed by atoms with Crippen LogP contribution in [0, 0.1) is 0 Å². The molecule has 1 unspecified atom stereocenters. The molecular formula is C16H17NO3. The van der Waals surface area contributed by atoms with Gasteiger partial charge in [-0.05, 0) is 18.2 Å². The van der Waals surface area contributed by atoms with E-state index < -0.39 is 0 Å². The summed E-state index contributed by atoms with van der Waals surface area (Å²) >= 11 is 0. The van der Waals surface area contributed by atoms with E-state index in [1.807, 2.05) is 36.4 Å². The highest BCUT2D eigenvalue weighted by molar-refractivity contribution is 5.85. The van der Waals surface area contributed by atoms with Crippen LogP contribution in [0.2, 0.25) is 0 Å². The van der Waals surface area contributed by atoms with Crippen molar-refractivity contribution in [2.45, 2.75) is 6.10 Å². The van der Waals surface area contributed by atoms with E-state index in [1.165, 1.54) is 0 Å². The largest absolute Gasteiger partial charge is 0.496 e. The monoisotopic (exact) mass is 271 g/mol. The fourth-order valence-electron chi connectivity index (χ4n) is 2.67. The number of methoxy groups -OCH3 is 2. The molecule has 1 atom stereocenters. The first kappa shape index (κ1) is 12.8. The number of benzene rings is 2. The third-order valence-electron chi connectivity index (χ3n) is 3.57. The first-order chi connectivity index (χ1) is 9.80. The van der Waals surface area contributed by atoms with E-state index in [0.717, 1.165) is 33.9 Å². The number of ether oxygens (including phenoxy) is 3. The van der Waals surface area contributed by atoms with Crippen molar-refractivity contribution in [2.75, 3.05) is 20.8 Å². The van der Waals surface area contributed by atoms with E-state index >= 15 is 0 Å². The van der Waals surface area contributed by atoms with Crippen molar-refractivity contribution in [2.24, 2.45) is 5.73 Å². The lowest BCUT2D eigenvalue weighted by Crippen LogP contribution is -2.22. The molecule has 2 aromatic rings. The zero-order valence-electron chi connectivity index (χ0n) is 11.6. The summed E-state index contributed by atoms with van der Waals surface area (Å²) in [6, 6.07) is 11.7. The number of hydrogen-bond donors (Lipinski definition) is 1. The predicted octanol–water partition coefficient (Wildman–Crippen LogP) is 2.76. The molecule has 0 spiro atoms. The van der Waals surface area contributed by atoms with E-state index in [1.54, 1.807) is 14.2 Å². The van der Waals surface area contributed by atoms with Crippen LogP contribution < -0.4 is 19.9 Å². The van der Waals surface area contributed by atoms with Gasteiger partial charge in [0.05, 0.1) is 19.8 Å². The van der Waals surface area contributed by atoms with Gasteiger partial charge in [0.25, 0.3) is 0 Å². The first-order valence-corrected chi connectivity index (χ1v) is 6.51. The van der Waals surface area contributed by atoms with Gasteiger partial charge in [-0.15, -0.1) is 0 Å². The first-order valence-electron chi connectivity index (χ1n) is 6.51. The summed E-state index contributed by atoms with van der Waals surface area (Å²) in [4.78, 5) is 0. The molecule has 1 heterocycles. The molecule has 0 aromatic heterocycles. The van der Waals surface area contributed by atoms with Crippen molar-refractivity contribution in [3.05, 3.63) is 42.0 Å². The number of rotatable bonds is 3. The Bertz CT molecular complexity index is 640. The van der Waals surface area contributed by atoms with Gasteiger partial charge in [-0.1, -0.05) is 18.2 Å². The topological polar surface area (TPSA) is 53.7 Å². The molecule has 0 fully saturated rings. The van der Waals surface area contributed by atoms with Crippen molar-refractivity contribution in [1.29, 1.82) is 0 Å². The highest BCUT2D eigenvalue weighted by Crippen LogP contribution is 2.50. The summed E-state index contributed by atoms with van der Waals surface area (Å²) in [5.41, 5.74) is 8.80. The Kier molecular flexibility index (Phi) is 3.24. The SMILES string of the molecule is COc1cccc2c1-c1c(OC)cccc1C(CN)O2. The maximum atomic E-state index is 5.99. The van der Waals surface area contributed by atoms with Crippen molar-refractivity contribution in [1.82, 2.24) is 0 Å². The quantitative estimate of drug-likeness (QED) is 0.932. The normalized spacial score (nSPS) is 15.8. The molecular weight excluding hydrogens is 254 g/mol. The molecule has 0 aliphatic carbocycles. The van der Waals surface area contributed by atoms with E-state index in [9.17, 15) is 0 Å². The lowest BCUT2D eigenvalue weighted by molar-refractivity contribution is 0.209. The van der Waals surface area contributed by atoms with Crippen LogP contribution in [0.3, 0.4) is 0 Å². The molecule has 0 amide bonds. The van der Waals surface area contributed by atoms with Gasteiger partial charge in [-0.3, -0.25) is 0 Å². The Balaban J connectivity index is 2.33. The fourth-order valence-corrected chi connectivity index (χ4v) is 2.67. The minimum Gasteiger partial charge on any atom is -0.496 e. The molecule has 0 radical (unpaired) electrons. The van der Waals surface area contributed by atoms with Gasteiger partial charge in [0, 0.05) is 17.7 Å². The highest BCUT2D eigenvalue weighted by atomic mass is 16.5. The summed E-state index contributed by atoms with van der Waals surface area (Å²) in [6.07, 6.45) is -0.167. The Hall–Kier alpha value is -2.20. The minimum absolute atomic E-state index is 0.167. The van der Waals surface area contributed by atoms with Gasteiger partial charge in [0.2, 0.25) is 0 Å². The lowest BCUT2D eigenvalue weighted by Gasteiger charge is -2.30. The van der Waals surface area contributed by atoms with Gasteiger partial charge in [-0.25, -0.2) is 0 Å². The van der Waals surface area contributed by atoms with Crippen molar-refractivity contribution < 1.29 is 14.2 Å². The van der Waals surface area contributed by atoms with Crippen LogP contribution in [0.15, 0.2) is 36.4 Å². The average Bonchev–Trinajstić information content (AvgIpc) is 2.52. The molecule has 20 heavy (non-hydrogen) atoms. The molecule has 2 N–H and O–H groups in total. The zero-order valence-corrected chi connectivity index (χ0v) is 11.6. The molecule has 104 valence electrons. The van der Waals surface area contributed by atoms with Crippen LogP contribution in [0.4, 0.5) is 0 Å². The molecule has 4 heteroatoms. The van der Waals surface area contributed by atoms with Crippen LogP contribution in [0.25, 0.3) is 11.1 Å². The van der Waals surface area contributed by atoms with Crippen LogP contribution in [-0.2, 0) is 0 Å². The van der Waals surface area contributed by atoms with E-state index in [4.69, 9.17) is 19.9 Å². The van der Waals surface area contributed by atoms with Crippen LogP contribution >= 0.6 is 0 Å². The number of fused-ring (bicyclic) bond motifs is 3. The third kappa shape index (κ3) is 1.80. The van der Waals surface area contributed by atoms with Gasteiger partial charge in [-0.2, -0.15) is 0 Å².